The molecule has 1 aromatic rings. The molecule has 0 aliphatic carbocycles. The number of imide groups is 1. The third-order valence-corrected chi connectivity index (χ3v) is 3.46. The normalized spacial score (nSPS) is 18.5. The molecule has 2 amide bonds. The molecule has 0 unspecified atom stereocenters. The molecule has 0 radical (unpaired) electrons. The van der Waals surface area contributed by atoms with Gasteiger partial charge in [0.05, 0.1) is 21.5 Å². The van der Waals surface area contributed by atoms with Gasteiger partial charge in [0.25, 0.3) is 16.8 Å². The molecule has 9 heteroatoms. The molecule has 1 aromatic carbocycles. The van der Waals surface area contributed by atoms with Gasteiger partial charge in [-0.15, -0.1) is 0 Å². The molecule has 1 N–H and O–H groups in total. The topological polar surface area (TPSA) is 108 Å². The maximum atomic E-state index is 11.5. The highest BCUT2D eigenvalue weighted by Gasteiger charge is 2.28. The van der Waals surface area contributed by atoms with Crippen LogP contribution in [-0.2, 0) is 4.79 Å². The molecule has 8 nitrogen and oxygen atoms in total. The maximum absolute atomic E-state index is 11.5. The summed E-state index contributed by atoms with van der Waals surface area (Å²) in [5, 5.41) is 12.6. The number of carbonyl (C=O) groups is 2. The molecule has 0 aromatic heterocycles. The summed E-state index contributed by atoms with van der Waals surface area (Å²) < 4.78 is 10.2. The highest BCUT2D eigenvalue weighted by molar-refractivity contribution is 8.18. The van der Waals surface area contributed by atoms with Crippen LogP contribution in [0, 0.1) is 10.1 Å². The summed E-state index contributed by atoms with van der Waals surface area (Å²) in [6.07, 6.45) is 1.28. The van der Waals surface area contributed by atoms with E-state index < -0.39 is 16.1 Å². The summed E-state index contributed by atoms with van der Waals surface area (Å²) in [5.41, 5.74) is -0.0545. The summed E-state index contributed by atoms with van der Waals surface area (Å²) in [6, 6.07) is 2.64. The van der Waals surface area contributed by atoms with Gasteiger partial charge in [-0.05, 0) is 23.9 Å². The fraction of sp³-hybridized carbons (Fsp3) is 0.0909. The van der Waals surface area contributed by atoms with Gasteiger partial charge in [0.15, 0.2) is 11.5 Å². The molecule has 0 bridgehead atoms. The molecule has 2 heterocycles. The van der Waals surface area contributed by atoms with Gasteiger partial charge >= 0.3 is 0 Å². The Morgan fingerprint density at radius 2 is 2.00 bits per heavy atom. The van der Waals surface area contributed by atoms with Crippen molar-refractivity contribution in [2.24, 2.45) is 0 Å². The zero-order valence-corrected chi connectivity index (χ0v) is 10.6. The Morgan fingerprint density at radius 1 is 1.30 bits per heavy atom. The Kier molecular flexibility index (Phi) is 2.83. The van der Waals surface area contributed by atoms with Gasteiger partial charge in [0.2, 0.25) is 6.79 Å². The quantitative estimate of drug-likeness (QED) is 0.502. The largest absolute Gasteiger partial charge is 0.454 e. The van der Waals surface area contributed by atoms with Crippen LogP contribution in [0.5, 0.6) is 11.5 Å². The second-order valence-electron chi connectivity index (χ2n) is 3.87. The molecule has 0 saturated carbocycles. The fourth-order valence-electron chi connectivity index (χ4n) is 1.78. The second kappa shape index (κ2) is 4.53. The standard InChI is InChI=1S/C11H6N2O6S/c14-10-9(20-11(15)12-10)2-5-1-7-8(19-4-18-7)3-6(5)13(16)17/h1-3H,4H2,(H,12,14,15)/b9-2+. The van der Waals surface area contributed by atoms with Gasteiger partial charge in [0.1, 0.15) is 0 Å². The Labute approximate surface area is 115 Å². The minimum atomic E-state index is -0.590. The van der Waals surface area contributed by atoms with Gasteiger partial charge in [-0.2, -0.15) is 0 Å². The van der Waals surface area contributed by atoms with Crippen LogP contribution in [-0.4, -0.2) is 22.9 Å². The first-order valence-electron chi connectivity index (χ1n) is 5.37. The highest BCUT2D eigenvalue weighted by atomic mass is 32.2. The van der Waals surface area contributed by atoms with Gasteiger partial charge in [-0.25, -0.2) is 0 Å². The van der Waals surface area contributed by atoms with E-state index in [4.69, 9.17) is 9.47 Å². The number of benzene rings is 1. The predicted molar refractivity (Wildman–Crippen MR) is 68.3 cm³/mol. The molecule has 2 aliphatic heterocycles. The number of hydrogen-bond donors (Lipinski definition) is 1. The smallest absolute Gasteiger partial charge is 0.290 e. The van der Waals surface area contributed by atoms with Crippen molar-refractivity contribution in [1.82, 2.24) is 5.32 Å². The number of ether oxygens (including phenoxy) is 2. The average molecular weight is 294 g/mol. The molecular formula is C11H6N2O6S. The van der Waals surface area contributed by atoms with E-state index in [-0.39, 0.29) is 28.7 Å². The van der Waals surface area contributed by atoms with E-state index in [0.29, 0.717) is 17.5 Å². The van der Waals surface area contributed by atoms with Crippen LogP contribution in [0.15, 0.2) is 17.0 Å². The first kappa shape index (κ1) is 12.5. The van der Waals surface area contributed by atoms with E-state index in [1.165, 1.54) is 18.2 Å². The molecule has 20 heavy (non-hydrogen) atoms. The average Bonchev–Trinajstić information content (AvgIpc) is 2.94. The Balaban J connectivity index is 2.09. The Hall–Kier alpha value is -2.55. The molecule has 0 atom stereocenters. The van der Waals surface area contributed by atoms with E-state index >= 15 is 0 Å². The highest BCUT2D eigenvalue weighted by Crippen LogP contribution is 2.39. The Bertz CT molecular complexity index is 684. The van der Waals surface area contributed by atoms with E-state index in [1.54, 1.807) is 0 Å². The lowest BCUT2D eigenvalue weighted by Gasteiger charge is -2.01. The third kappa shape index (κ3) is 2.07. The van der Waals surface area contributed by atoms with Crippen molar-refractivity contribution in [2.45, 2.75) is 0 Å². The van der Waals surface area contributed by atoms with Gasteiger partial charge < -0.3 is 9.47 Å². The fourth-order valence-corrected chi connectivity index (χ4v) is 2.46. The van der Waals surface area contributed by atoms with Crippen molar-refractivity contribution < 1.29 is 24.0 Å². The van der Waals surface area contributed by atoms with Crippen LogP contribution in [0.2, 0.25) is 0 Å². The number of nitrogens with zero attached hydrogens (tertiary/aromatic N) is 1. The third-order valence-electron chi connectivity index (χ3n) is 2.65. The van der Waals surface area contributed by atoms with Crippen LogP contribution in [0.25, 0.3) is 6.08 Å². The summed E-state index contributed by atoms with van der Waals surface area (Å²) in [5.74, 6) is 0.0580. The molecular weight excluding hydrogens is 288 g/mol. The summed E-state index contributed by atoms with van der Waals surface area (Å²) >= 11 is 0.689. The zero-order chi connectivity index (χ0) is 14.3. The summed E-state index contributed by atoms with van der Waals surface area (Å²) in [7, 11) is 0. The van der Waals surface area contributed by atoms with E-state index in [0.717, 1.165) is 0 Å². The van der Waals surface area contributed by atoms with Gasteiger partial charge in [-0.1, -0.05) is 0 Å². The monoisotopic (exact) mass is 294 g/mol. The molecule has 2 aliphatic rings. The van der Waals surface area contributed by atoms with Crippen molar-refractivity contribution >= 4 is 34.7 Å². The number of nitro benzene ring substituents is 1. The zero-order valence-electron chi connectivity index (χ0n) is 9.74. The van der Waals surface area contributed by atoms with E-state index in [9.17, 15) is 19.7 Å². The summed E-state index contributed by atoms with van der Waals surface area (Å²) in [4.78, 5) is 33.1. The van der Waals surface area contributed by atoms with Crippen LogP contribution < -0.4 is 14.8 Å². The lowest BCUT2D eigenvalue weighted by atomic mass is 10.1. The maximum Gasteiger partial charge on any atom is 0.290 e. The number of thioether (sulfide) groups is 1. The van der Waals surface area contributed by atoms with Crippen molar-refractivity contribution in [3.05, 3.63) is 32.7 Å². The summed E-state index contributed by atoms with van der Waals surface area (Å²) in [6.45, 7) is -0.0137. The van der Waals surface area contributed by atoms with Crippen molar-refractivity contribution in [3.8, 4) is 11.5 Å². The number of nitrogens with one attached hydrogen (secondary N) is 1. The minimum absolute atomic E-state index is 0.0137. The van der Waals surface area contributed by atoms with Gasteiger partial charge in [0, 0.05) is 0 Å². The van der Waals surface area contributed by atoms with Crippen molar-refractivity contribution in [1.29, 1.82) is 0 Å². The molecule has 1 fully saturated rings. The van der Waals surface area contributed by atoms with E-state index in [2.05, 4.69) is 5.32 Å². The number of nitro groups is 1. The molecule has 1 saturated heterocycles. The number of rotatable bonds is 2. The minimum Gasteiger partial charge on any atom is -0.454 e. The molecule has 102 valence electrons. The number of carbonyl (C=O) groups excluding carboxylic acids is 2. The number of amides is 2. The Morgan fingerprint density at radius 3 is 2.60 bits per heavy atom. The predicted octanol–water partition coefficient (Wildman–Crippen LogP) is 1.65. The second-order valence-corrected chi connectivity index (χ2v) is 4.89. The number of hydrogen-bond acceptors (Lipinski definition) is 7. The lowest BCUT2D eigenvalue weighted by Crippen LogP contribution is -2.17. The van der Waals surface area contributed by atoms with Gasteiger partial charge in [-0.3, -0.25) is 25.0 Å². The van der Waals surface area contributed by atoms with Crippen LogP contribution in [0.1, 0.15) is 5.56 Å². The lowest BCUT2D eigenvalue weighted by molar-refractivity contribution is -0.385. The SMILES string of the molecule is O=C1NC(=O)/C(=C\c2cc3c(cc2[N+](=O)[O-])OCO3)S1. The van der Waals surface area contributed by atoms with Crippen molar-refractivity contribution in [2.75, 3.05) is 6.79 Å². The van der Waals surface area contributed by atoms with E-state index in [1.807, 2.05) is 0 Å². The molecule has 3 rings (SSSR count). The van der Waals surface area contributed by atoms with Crippen LogP contribution in [0.4, 0.5) is 10.5 Å². The van der Waals surface area contributed by atoms with Crippen LogP contribution >= 0.6 is 11.8 Å². The van der Waals surface area contributed by atoms with Crippen molar-refractivity contribution in [3.63, 3.8) is 0 Å². The van der Waals surface area contributed by atoms with Crippen LogP contribution in [0.3, 0.4) is 0 Å². The first-order valence-corrected chi connectivity index (χ1v) is 6.19. The molecule has 0 spiro atoms. The first-order chi connectivity index (χ1) is 9.54. The number of fused-ring (bicyclic) bond motifs is 1.